The van der Waals surface area contributed by atoms with Crippen LogP contribution in [0.1, 0.15) is 26.2 Å². The molecular weight excluding hydrogens is 108 g/mol. The van der Waals surface area contributed by atoms with E-state index < -0.39 is 0 Å². The topological polar surface area (TPSA) is 0 Å². The first-order chi connectivity index (χ1) is 4.41. The van der Waals surface area contributed by atoms with Crippen molar-refractivity contribution in [2.24, 2.45) is 0 Å². The lowest BCUT2D eigenvalue weighted by atomic mass is 10.2. The fourth-order valence-corrected chi connectivity index (χ4v) is 0.534. The highest BCUT2D eigenvalue weighted by molar-refractivity contribution is 4.97. The van der Waals surface area contributed by atoms with Crippen molar-refractivity contribution in [1.82, 2.24) is 0 Å². The van der Waals surface area contributed by atoms with Gasteiger partial charge in [0.05, 0.1) is 0 Å². The Morgan fingerprint density at radius 3 is 2.78 bits per heavy atom. The molecule has 0 aliphatic rings. The predicted molar refractivity (Wildman–Crippen MR) is 43.2 cm³/mol. The number of hydrogen-bond donors (Lipinski definition) is 0. The summed E-state index contributed by atoms with van der Waals surface area (Å²) in [6, 6.07) is 0. The van der Waals surface area contributed by atoms with Crippen LogP contribution in [0, 0.1) is 6.42 Å². The Labute approximate surface area is 58.3 Å². The molecule has 51 valence electrons. The van der Waals surface area contributed by atoms with Crippen molar-refractivity contribution in [3.63, 3.8) is 0 Å². The van der Waals surface area contributed by atoms with Gasteiger partial charge in [0, 0.05) is 0 Å². The van der Waals surface area contributed by atoms with Gasteiger partial charge in [-0.25, -0.2) is 0 Å². The third-order valence-corrected chi connectivity index (χ3v) is 1.03. The maximum Gasteiger partial charge on any atom is -0.0133 e. The SMILES string of the molecule is C=CC[CH]C=CCCC. The van der Waals surface area contributed by atoms with Crippen LogP contribution in [-0.2, 0) is 0 Å². The highest BCUT2D eigenvalue weighted by atomic mass is 13.8. The van der Waals surface area contributed by atoms with E-state index in [0.717, 1.165) is 6.42 Å². The van der Waals surface area contributed by atoms with E-state index in [1.165, 1.54) is 12.8 Å². The average Bonchev–Trinajstić information content (AvgIpc) is 1.89. The van der Waals surface area contributed by atoms with Gasteiger partial charge in [0.25, 0.3) is 0 Å². The molecule has 0 rings (SSSR count). The molecule has 0 nitrogen and oxygen atoms in total. The van der Waals surface area contributed by atoms with E-state index in [9.17, 15) is 0 Å². The Morgan fingerprint density at radius 1 is 1.44 bits per heavy atom. The Morgan fingerprint density at radius 2 is 2.22 bits per heavy atom. The van der Waals surface area contributed by atoms with Gasteiger partial charge in [0.2, 0.25) is 0 Å². The molecule has 0 aromatic rings. The summed E-state index contributed by atoms with van der Waals surface area (Å²) in [5, 5.41) is 0. The van der Waals surface area contributed by atoms with Gasteiger partial charge in [-0.2, -0.15) is 0 Å². The zero-order valence-electron chi connectivity index (χ0n) is 6.14. The molecule has 0 bridgehead atoms. The summed E-state index contributed by atoms with van der Waals surface area (Å²) in [6.07, 6.45) is 11.7. The third-order valence-electron chi connectivity index (χ3n) is 1.03. The molecule has 9 heavy (non-hydrogen) atoms. The summed E-state index contributed by atoms with van der Waals surface area (Å²) in [5.74, 6) is 0. The highest BCUT2D eigenvalue weighted by Gasteiger charge is 1.74. The van der Waals surface area contributed by atoms with Gasteiger partial charge in [-0.05, 0) is 19.3 Å². The van der Waals surface area contributed by atoms with E-state index in [4.69, 9.17) is 0 Å². The second-order valence-corrected chi connectivity index (χ2v) is 1.98. The monoisotopic (exact) mass is 123 g/mol. The van der Waals surface area contributed by atoms with Crippen molar-refractivity contribution in [3.8, 4) is 0 Å². The molecule has 0 amide bonds. The first kappa shape index (κ1) is 8.48. The molecule has 0 heteroatoms. The normalized spacial score (nSPS) is 10.3. The molecule has 0 aromatic carbocycles. The third kappa shape index (κ3) is 7.48. The quantitative estimate of drug-likeness (QED) is 0.389. The maximum atomic E-state index is 3.61. The van der Waals surface area contributed by atoms with Crippen molar-refractivity contribution < 1.29 is 0 Å². The van der Waals surface area contributed by atoms with Crippen molar-refractivity contribution in [2.75, 3.05) is 0 Å². The van der Waals surface area contributed by atoms with Gasteiger partial charge >= 0.3 is 0 Å². The number of allylic oxidation sites excluding steroid dienone is 3. The second-order valence-electron chi connectivity index (χ2n) is 1.98. The van der Waals surface area contributed by atoms with Crippen LogP contribution in [0.5, 0.6) is 0 Å². The molecule has 0 atom stereocenters. The van der Waals surface area contributed by atoms with Crippen LogP contribution in [0.25, 0.3) is 0 Å². The van der Waals surface area contributed by atoms with Crippen LogP contribution in [0.2, 0.25) is 0 Å². The fraction of sp³-hybridized carbons (Fsp3) is 0.444. The molecule has 0 aromatic heterocycles. The van der Waals surface area contributed by atoms with Crippen molar-refractivity contribution >= 4 is 0 Å². The van der Waals surface area contributed by atoms with Crippen LogP contribution < -0.4 is 0 Å². The molecule has 0 unspecified atom stereocenters. The van der Waals surface area contributed by atoms with Crippen LogP contribution >= 0.6 is 0 Å². The van der Waals surface area contributed by atoms with E-state index in [2.05, 4.69) is 32.1 Å². The first-order valence-corrected chi connectivity index (χ1v) is 3.51. The smallest absolute Gasteiger partial charge is 0.0133 e. The largest absolute Gasteiger partial charge is 0.103 e. The zero-order valence-corrected chi connectivity index (χ0v) is 6.14. The van der Waals surface area contributed by atoms with Crippen molar-refractivity contribution in [2.45, 2.75) is 26.2 Å². The van der Waals surface area contributed by atoms with Gasteiger partial charge in [-0.3, -0.25) is 0 Å². The van der Waals surface area contributed by atoms with E-state index in [1.807, 2.05) is 6.08 Å². The minimum absolute atomic E-state index is 0.986. The van der Waals surface area contributed by atoms with Crippen LogP contribution in [-0.4, -0.2) is 0 Å². The lowest BCUT2D eigenvalue weighted by Crippen LogP contribution is -1.65. The minimum Gasteiger partial charge on any atom is -0.103 e. The number of unbranched alkanes of at least 4 members (excludes halogenated alkanes) is 2. The van der Waals surface area contributed by atoms with Gasteiger partial charge in [-0.15, -0.1) is 6.58 Å². The average molecular weight is 123 g/mol. The Hall–Kier alpha value is -0.520. The highest BCUT2D eigenvalue weighted by Crippen LogP contribution is 1.93. The molecule has 1 radical (unpaired) electrons. The summed E-state index contributed by atoms with van der Waals surface area (Å²) in [6.45, 7) is 5.79. The number of hydrogen-bond acceptors (Lipinski definition) is 0. The zero-order chi connectivity index (χ0) is 6.95. The Balaban J connectivity index is 2.94. The summed E-state index contributed by atoms with van der Waals surface area (Å²) >= 11 is 0. The van der Waals surface area contributed by atoms with Gasteiger partial charge in [-0.1, -0.05) is 31.6 Å². The van der Waals surface area contributed by atoms with E-state index in [-0.39, 0.29) is 0 Å². The van der Waals surface area contributed by atoms with E-state index in [0.29, 0.717) is 0 Å². The molecule has 0 heterocycles. The fourth-order valence-electron chi connectivity index (χ4n) is 0.534. The molecule has 0 spiro atoms. The second kappa shape index (κ2) is 7.48. The van der Waals surface area contributed by atoms with Crippen LogP contribution in [0.15, 0.2) is 24.8 Å². The lowest BCUT2D eigenvalue weighted by Gasteiger charge is -1.84. The standard InChI is InChI=1S/C9H15/c1-3-5-7-9-8-6-4-2/h3,7-9H,1,4-6H2,2H3. The molecule has 0 saturated heterocycles. The summed E-state index contributed by atoms with van der Waals surface area (Å²) in [7, 11) is 0. The molecular formula is C9H15. The Bertz CT molecular complexity index is 80.0. The minimum atomic E-state index is 0.986. The van der Waals surface area contributed by atoms with Crippen LogP contribution in [0.4, 0.5) is 0 Å². The number of rotatable bonds is 5. The van der Waals surface area contributed by atoms with Crippen LogP contribution in [0.3, 0.4) is 0 Å². The molecule has 0 aliphatic heterocycles. The Kier molecular flexibility index (Phi) is 7.05. The molecule has 0 saturated carbocycles. The van der Waals surface area contributed by atoms with Gasteiger partial charge < -0.3 is 0 Å². The van der Waals surface area contributed by atoms with E-state index in [1.54, 1.807) is 0 Å². The maximum absolute atomic E-state index is 3.61. The van der Waals surface area contributed by atoms with Crippen molar-refractivity contribution in [3.05, 3.63) is 31.2 Å². The summed E-state index contributed by atoms with van der Waals surface area (Å²) in [5.41, 5.74) is 0. The van der Waals surface area contributed by atoms with E-state index >= 15 is 0 Å². The van der Waals surface area contributed by atoms with Crippen molar-refractivity contribution in [1.29, 1.82) is 0 Å². The van der Waals surface area contributed by atoms with Gasteiger partial charge in [0.15, 0.2) is 0 Å². The molecule has 0 N–H and O–H groups in total. The molecule has 0 aliphatic carbocycles. The molecule has 0 fully saturated rings. The predicted octanol–water partition coefficient (Wildman–Crippen LogP) is 3.12. The lowest BCUT2D eigenvalue weighted by molar-refractivity contribution is 0.956. The summed E-state index contributed by atoms with van der Waals surface area (Å²) in [4.78, 5) is 0. The summed E-state index contributed by atoms with van der Waals surface area (Å²) < 4.78 is 0. The first-order valence-electron chi connectivity index (χ1n) is 3.51. The van der Waals surface area contributed by atoms with Gasteiger partial charge in [0.1, 0.15) is 0 Å².